The average molecular weight is 632 g/mol. The Morgan fingerprint density at radius 2 is 1.84 bits per heavy atom. The first-order valence-corrected chi connectivity index (χ1v) is 17.0. The van der Waals surface area contributed by atoms with Crippen LogP contribution in [0.25, 0.3) is 11.0 Å². The molecule has 45 heavy (non-hydrogen) atoms. The highest BCUT2D eigenvalue weighted by Gasteiger charge is 2.34. The highest BCUT2D eigenvalue weighted by atomic mass is 32.2. The molecule has 0 aliphatic carbocycles. The Morgan fingerprint density at radius 3 is 2.56 bits per heavy atom. The third-order valence-electron chi connectivity index (χ3n) is 8.83. The van der Waals surface area contributed by atoms with Gasteiger partial charge in [-0.2, -0.15) is 9.97 Å². The van der Waals surface area contributed by atoms with E-state index in [0.29, 0.717) is 35.6 Å². The van der Waals surface area contributed by atoms with Crippen LogP contribution in [0.15, 0.2) is 47.4 Å². The largest absolute Gasteiger partial charge is 0.468 e. The number of aryl methyl sites for hydroxylation is 2. The predicted octanol–water partition coefficient (Wildman–Crippen LogP) is 5.30. The number of anilines is 4. The van der Waals surface area contributed by atoms with Crippen LogP contribution in [0.5, 0.6) is 5.75 Å². The molecule has 1 saturated heterocycles. The summed E-state index contributed by atoms with van der Waals surface area (Å²) in [5.74, 6) is 2.16. The van der Waals surface area contributed by atoms with Gasteiger partial charge in [-0.15, -0.1) is 0 Å². The summed E-state index contributed by atoms with van der Waals surface area (Å²) in [6.45, 7) is 11.6. The zero-order chi connectivity index (χ0) is 32.0. The van der Waals surface area contributed by atoms with Crippen molar-refractivity contribution in [3.8, 4) is 5.75 Å². The Bertz CT molecular complexity index is 1860. The number of likely N-dealkylation sites (N-methyl/N-ethyl adjacent to an activating group) is 1. The summed E-state index contributed by atoms with van der Waals surface area (Å²) in [6, 6.07) is 13.2. The first-order chi connectivity index (χ1) is 21.5. The van der Waals surface area contributed by atoms with E-state index in [9.17, 15) is 13.2 Å². The second-order valence-electron chi connectivity index (χ2n) is 12.3. The van der Waals surface area contributed by atoms with Crippen molar-refractivity contribution in [2.24, 2.45) is 0 Å². The minimum atomic E-state index is -3.54. The minimum Gasteiger partial charge on any atom is -0.468 e. The monoisotopic (exact) mass is 631 g/mol. The lowest BCUT2D eigenvalue weighted by Gasteiger charge is -2.32. The minimum absolute atomic E-state index is 0.0442. The smallest absolute Gasteiger partial charge is 0.237 e. The number of aromatic amines is 1. The van der Waals surface area contributed by atoms with E-state index >= 15 is 0 Å². The van der Waals surface area contributed by atoms with Gasteiger partial charge in [0.1, 0.15) is 17.2 Å². The number of benzene rings is 2. The highest BCUT2D eigenvalue weighted by Crippen LogP contribution is 2.45. The first-order valence-electron chi connectivity index (χ1n) is 15.5. The highest BCUT2D eigenvalue weighted by molar-refractivity contribution is 7.92. The fourth-order valence-corrected chi connectivity index (χ4v) is 7.53. The van der Waals surface area contributed by atoms with E-state index in [0.717, 1.165) is 48.4 Å². The molecule has 4 heterocycles. The zero-order valence-corrected chi connectivity index (χ0v) is 27.5. The van der Waals surface area contributed by atoms with E-state index in [1.54, 1.807) is 39.1 Å². The Labute approximate surface area is 264 Å². The molecule has 1 amide bonds. The van der Waals surface area contributed by atoms with Gasteiger partial charge in [-0.1, -0.05) is 12.1 Å². The van der Waals surface area contributed by atoms with Crippen molar-refractivity contribution in [3.63, 3.8) is 0 Å². The third kappa shape index (κ3) is 5.84. The van der Waals surface area contributed by atoms with Gasteiger partial charge in [0.15, 0.2) is 16.1 Å². The van der Waals surface area contributed by atoms with Crippen molar-refractivity contribution in [1.82, 2.24) is 25.2 Å². The van der Waals surface area contributed by atoms with Crippen LogP contribution >= 0.6 is 0 Å². The fourth-order valence-electron chi connectivity index (χ4n) is 6.33. The number of ether oxygens (including phenoxy) is 1. The van der Waals surface area contributed by atoms with Crippen molar-refractivity contribution in [1.29, 1.82) is 0 Å². The summed E-state index contributed by atoms with van der Waals surface area (Å²) >= 11 is 0. The van der Waals surface area contributed by atoms with Crippen LogP contribution < -0.4 is 20.3 Å². The number of rotatable bonds is 8. The molecule has 238 valence electrons. The SMILES string of the molecule is CNC(=O)CN1CCC(c2cc3c(cc2C)N(c2nc(Nc4ccccc4S(=O)(=O)C(C)C)c4cc(C)[nH]c4n2)C(C)O3)CC1. The van der Waals surface area contributed by atoms with Crippen LogP contribution in [0.2, 0.25) is 0 Å². The number of amides is 1. The van der Waals surface area contributed by atoms with Crippen LogP contribution in [0.3, 0.4) is 0 Å². The molecule has 1 fully saturated rings. The molecule has 2 aliphatic rings. The number of likely N-dealkylation sites (tertiary alicyclic amines) is 1. The molecular weight excluding hydrogens is 590 g/mol. The number of carbonyl (C=O) groups is 1. The number of piperidine rings is 1. The fraction of sp³-hybridized carbons (Fsp3) is 0.424. The van der Waals surface area contributed by atoms with Gasteiger partial charge >= 0.3 is 0 Å². The molecule has 0 radical (unpaired) electrons. The van der Waals surface area contributed by atoms with E-state index in [4.69, 9.17) is 14.7 Å². The molecule has 2 aromatic carbocycles. The maximum atomic E-state index is 13.2. The lowest BCUT2D eigenvalue weighted by Crippen LogP contribution is -2.40. The maximum Gasteiger partial charge on any atom is 0.237 e. The maximum absolute atomic E-state index is 13.2. The van der Waals surface area contributed by atoms with Gasteiger partial charge in [-0.25, -0.2) is 8.42 Å². The van der Waals surface area contributed by atoms with Crippen LogP contribution in [-0.4, -0.2) is 72.3 Å². The number of aromatic nitrogens is 3. The Balaban J connectivity index is 1.34. The van der Waals surface area contributed by atoms with E-state index in [1.807, 2.05) is 30.9 Å². The molecule has 2 aromatic heterocycles. The molecule has 0 bridgehead atoms. The number of sulfone groups is 1. The topological polar surface area (TPSA) is 133 Å². The summed E-state index contributed by atoms with van der Waals surface area (Å²) in [5.41, 5.74) is 5.34. The molecule has 0 spiro atoms. The van der Waals surface area contributed by atoms with Crippen molar-refractivity contribution in [3.05, 3.63) is 59.3 Å². The number of hydrogen-bond donors (Lipinski definition) is 3. The van der Waals surface area contributed by atoms with E-state index in [1.165, 1.54) is 11.1 Å². The molecular formula is C33H41N7O4S. The van der Waals surface area contributed by atoms with E-state index in [2.05, 4.69) is 39.6 Å². The third-order valence-corrected chi connectivity index (χ3v) is 11.0. The number of nitrogens with zero attached hydrogens (tertiary/aromatic N) is 4. The van der Waals surface area contributed by atoms with Gasteiger partial charge in [-0.05, 0) is 108 Å². The van der Waals surface area contributed by atoms with Gasteiger partial charge in [0.05, 0.1) is 33.5 Å². The van der Waals surface area contributed by atoms with Crippen LogP contribution in [0.1, 0.15) is 56.4 Å². The van der Waals surface area contributed by atoms with Gasteiger partial charge < -0.3 is 20.4 Å². The molecule has 3 N–H and O–H groups in total. The number of carbonyl (C=O) groups excluding carboxylic acids is 1. The van der Waals surface area contributed by atoms with Gasteiger partial charge in [0.25, 0.3) is 0 Å². The van der Waals surface area contributed by atoms with E-state index < -0.39 is 15.1 Å². The van der Waals surface area contributed by atoms with Gasteiger partial charge in [-0.3, -0.25) is 14.6 Å². The second kappa shape index (κ2) is 12.0. The van der Waals surface area contributed by atoms with E-state index in [-0.39, 0.29) is 17.0 Å². The Hall–Kier alpha value is -4.16. The van der Waals surface area contributed by atoms with Gasteiger partial charge in [0, 0.05) is 12.7 Å². The van der Waals surface area contributed by atoms with Crippen molar-refractivity contribution < 1.29 is 17.9 Å². The molecule has 11 nitrogen and oxygen atoms in total. The molecule has 0 saturated carbocycles. The predicted molar refractivity (Wildman–Crippen MR) is 177 cm³/mol. The van der Waals surface area contributed by atoms with Crippen molar-refractivity contribution in [2.75, 3.05) is 36.9 Å². The van der Waals surface area contributed by atoms with Crippen molar-refractivity contribution >= 4 is 49.9 Å². The van der Waals surface area contributed by atoms with Crippen molar-refractivity contribution in [2.45, 2.75) is 69.8 Å². The summed E-state index contributed by atoms with van der Waals surface area (Å²) < 4.78 is 32.8. The molecule has 4 aromatic rings. The first kappa shape index (κ1) is 30.8. The number of nitrogens with one attached hydrogen (secondary N) is 3. The lowest BCUT2D eigenvalue weighted by atomic mass is 9.86. The Kier molecular flexibility index (Phi) is 8.21. The summed E-state index contributed by atoms with van der Waals surface area (Å²) in [7, 11) is -1.87. The number of H-pyrrole nitrogens is 1. The number of para-hydroxylation sites is 1. The standard InChI is InChI=1S/C33H41N7O4S/c1-19(2)45(42,43)29-10-8-7-9-26(29)36-32-25-16-21(4)35-31(25)37-33(38-32)40-22(5)44-28-17-24(20(3)15-27(28)40)23-11-13-39(14-12-23)18-30(41)34-6/h7-10,15-17,19,22-23H,11-14,18H2,1-6H3,(H,34,41)(H2,35,36,37,38). The quantitative estimate of drug-likeness (QED) is 0.237. The summed E-state index contributed by atoms with van der Waals surface area (Å²) in [6.07, 6.45) is 1.59. The molecule has 6 rings (SSSR count). The number of fused-ring (bicyclic) bond motifs is 2. The summed E-state index contributed by atoms with van der Waals surface area (Å²) in [5, 5.41) is 6.23. The van der Waals surface area contributed by atoms with Crippen LogP contribution in [0.4, 0.5) is 23.1 Å². The Morgan fingerprint density at radius 1 is 1.11 bits per heavy atom. The molecule has 1 atom stereocenters. The lowest BCUT2D eigenvalue weighted by molar-refractivity contribution is -0.122. The molecule has 2 aliphatic heterocycles. The summed E-state index contributed by atoms with van der Waals surface area (Å²) in [4.78, 5) is 29.4. The van der Waals surface area contributed by atoms with Gasteiger partial charge in [0.2, 0.25) is 11.9 Å². The second-order valence-corrected chi connectivity index (χ2v) is 14.8. The molecule has 12 heteroatoms. The number of hydrogen-bond acceptors (Lipinski definition) is 9. The molecule has 1 unspecified atom stereocenters. The van der Waals surface area contributed by atoms with Crippen LogP contribution in [0, 0.1) is 13.8 Å². The van der Waals surface area contributed by atoms with Crippen LogP contribution in [-0.2, 0) is 14.6 Å². The zero-order valence-electron chi connectivity index (χ0n) is 26.6. The normalized spacial score (nSPS) is 17.5. The average Bonchev–Trinajstić information content (AvgIpc) is 3.54.